The van der Waals surface area contributed by atoms with E-state index in [1.54, 1.807) is 0 Å². The summed E-state index contributed by atoms with van der Waals surface area (Å²) in [5.74, 6) is -6.38. The highest BCUT2D eigenvalue weighted by atomic mass is 19.2. The number of hydrogen-bond donors (Lipinski definition) is 4. The maximum absolute atomic E-state index is 13.5. The first-order valence-corrected chi connectivity index (χ1v) is 7.73. The molecule has 1 atom stereocenters. The SMILES string of the molecule is C=C/C(=C\C(F)=C(\F)CF)c1ccc(C(NC(=O)CC(=O)O)C(=O)NO)cc1. The second kappa shape index (κ2) is 10.7. The van der Waals surface area contributed by atoms with Gasteiger partial charge < -0.3 is 10.4 Å². The molecule has 150 valence electrons. The Hall–Kier alpha value is -3.40. The van der Waals surface area contributed by atoms with E-state index in [1.165, 1.54) is 35.8 Å². The zero-order chi connectivity index (χ0) is 21.3. The smallest absolute Gasteiger partial charge is 0.312 e. The maximum atomic E-state index is 13.5. The number of hydroxylamine groups is 1. The Kier molecular flexibility index (Phi) is 8.63. The number of halogens is 3. The molecule has 1 aromatic carbocycles. The van der Waals surface area contributed by atoms with Crippen molar-refractivity contribution in [1.29, 1.82) is 0 Å². The summed E-state index contributed by atoms with van der Waals surface area (Å²) in [4.78, 5) is 33.9. The van der Waals surface area contributed by atoms with Crippen LogP contribution in [0.1, 0.15) is 23.6 Å². The lowest BCUT2D eigenvalue weighted by Gasteiger charge is -2.17. The topological polar surface area (TPSA) is 116 Å². The molecule has 28 heavy (non-hydrogen) atoms. The summed E-state index contributed by atoms with van der Waals surface area (Å²) >= 11 is 0. The Labute approximate surface area is 157 Å². The lowest BCUT2D eigenvalue weighted by molar-refractivity contribution is -0.142. The number of benzene rings is 1. The molecule has 2 amide bonds. The van der Waals surface area contributed by atoms with Crippen molar-refractivity contribution in [1.82, 2.24) is 10.8 Å². The van der Waals surface area contributed by atoms with E-state index < -0.39 is 48.6 Å². The van der Waals surface area contributed by atoms with Gasteiger partial charge >= 0.3 is 5.97 Å². The zero-order valence-corrected chi connectivity index (χ0v) is 14.4. The monoisotopic (exact) mass is 398 g/mol. The van der Waals surface area contributed by atoms with E-state index in [0.717, 1.165) is 6.08 Å². The summed E-state index contributed by atoms with van der Waals surface area (Å²) in [6, 6.07) is 4.03. The third-order valence-electron chi connectivity index (χ3n) is 3.45. The van der Waals surface area contributed by atoms with Crippen LogP contribution in [-0.2, 0) is 14.4 Å². The molecule has 0 saturated carbocycles. The van der Waals surface area contributed by atoms with Crippen LogP contribution in [0.5, 0.6) is 0 Å². The van der Waals surface area contributed by atoms with E-state index in [-0.39, 0.29) is 11.1 Å². The van der Waals surface area contributed by atoms with Gasteiger partial charge in [-0.15, -0.1) is 0 Å². The van der Waals surface area contributed by atoms with Crippen LogP contribution in [0.2, 0.25) is 0 Å². The summed E-state index contributed by atoms with van der Waals surface area (Å²) < 4.78 is 38.6. The van der Waals surface area contributed by atoms with Crippen LogP contribution in [0, 0.1) is 0 Å². The molecule has 0 spiro atoms. The number of alkyl halides is 1. The van der Waals surface area contributed by atoms with Gasteiger partial charge in [-0.05, 0) is 22.8 Å². The predicted molar refractivity (Wildman–Crippen MR) is 92.9 cm³/mol. The fraction of sp³-hybridized carbons (Fsp3) is 0.167. The molecule has 0 radical (unpaired) electrons. The second-order valence-corrected chi connectivity index (χ2v) is 5.36. The van der Waals surface area contributed by atoms with Gasteiger partial charge in [0.2, 0.25) is 5.91 Å². The van der Waals surface area contributed by atoms with Gasteiger partial charge in [0.05, 0.1) is 0 Å². The number of allylic oxidation sites excluding steroid dienone is 5. The quantitative estimate of drug-likeness (QED) is 0.221. The molecule has 0 aliphatic carbocycles. The fourth-order valence-corrected chi connectivity index (χ4v) is 2.12. The minimum Gasteiger partial charge on any atom is -0.481 e. The van der Waals surface area contributed by atoms with E-state index in [2.05, 4.69) is 11.9 Å². The van der Waals surface area contributed by atoms with Crippen LogP contribution in [0.15, 0.2) is 54.7 Å². The second-order valence-electron chi connectivity index (χ2n) is 5.36. The highest BCUT2D eigenvalue weighted by Crippen LogP contribution is 2.23. The lowest BCUT2D eigenvalue weighted by atomic mass is 9.99. The molecule has 4 N–H and O–H groups in total. The zero-order valence-electron chi connectivity index (χ0n) is 14.4. The van der Waals surface area contributed by atoms with Crippen LogP contribution < -0.4 is 10.8 Å². The van der Waals surface area contributed by atoms with Gasteiger partial charge in [0, 0.05) is 0 Å². The average molecular weight is 398 g/mol. The van der Waals surface area contributed by atoms with Crippen molar-refractivity contribution in [3.05, 3.63) is 65.8 Å². The number of aliphatic carboxylic acids is 1. The van der Waals surface area contributed by atoms with Crippen molar-refractivity contribution in [3.8, 4) is 0 Å². The summed E-state index contributed by atoms with van der Waals surface area (Å²) in [5, 5.41) is 19.6. The van der Waals surface area contributed by atoms with Gasteiger partial charge in [-0.2, -0.15) is 0 Å². The number of hydrogen-bond acceptors (Lipinski definition) is 4. The molecule has 0 aromatic heterocycles. The molecule has 10 heteroatoms. The normalized spacial score (nSPS) is 13.2. The van der Waals surface area contributed by atoms with E-state index in [1.807, 2.05) is 0 Å². The van der Waals surface area contributed by atoms with Gasteiger partial charge in [-0.25, -0.2) is 18.7 Å². The number of rotatable bonds is 9. The number of amides is 2. The number of carbonyl (C=O) groups excluding carboxylic acids is 2. The lowest BCUT2D eigenvalue weighted by Crippen LogP contribution is -2.39. The van der Waals surface area contributed by atoms with Crippen LogP contribution in [0.4, 0.5) is 13.2 Å². The molecular weight excluding hydrogens is 381 g/mol. The van der Waals surface area contributed by atoms with E-state index in [9.17, 15) is 27.6 Å². The number of carboxylic acid groups (broad SMARTS) is 1. The molecule has 1 aromatic rings. The Bertz CT molecular complexity index is 819. The van der Waals surface area contributed by atoms with Crippen LogP contribution in [-0.4, -0.2) is 34.8 Å². The third kappa shape index (κ3) is 6.40. The first-order chi connectivity index (χ1) is 13.2. The Morgan fingerprint density at radius 3 is 2.25 bits per heavy atom. The highest BCUT2D eigenvalue weighted by molar-refractivity contribution is 5.96. The standard InChI is InChI=1S/C18H17F3N2O5/c1-2-10(7-13(20)14(21)9-19)11-3-5-12(6-4-11)17(18(27)23-28)22-15(24)8-16(25)26/h2-7,17,28H,1,8-9H2,(H,22,24)(H,23,27)(H,25,26)/b10-7+,14-13-. The first-order valence-electron chi connectivity index (χ1n) is 7.73. The number of carbonyl (C=O) groups is 3. The minimum atomic E-state index is -1.60. The summed E-state index contributed by atoms with van der Waals surface area (Å²) in [5.41, 5.74) is 1.97. The minimum absolute atomic E-state index is 0.116. The number of carboxylic acids is 1. The van der Waals surface area contributed by atoms with E-state index in [4.69, 9.17) is 10.3 Å². The Balaban J connectivity index is 3.17. The maximum Gasteiger partial charge on any atom is 0.312 e. The molecule has 1 unspecified atom stereocenters. The molecule has 0 saturated heterocycles. The van der Waals surface area contributed by atoms with Crippen molar-refractivity contribution >= 4 is 23.4 Å². The van der Waals surface area contributed by atoms with Gasteiger partial charge in [-0.3, -0.25) is 19.6 Å². The van der Waals surface area contributed by atoms with Gasteiger partial charge in [0.15, 0.2) is 11.7 Å². The van der Waals surface area contributed by atoms with Crippen LogP contribution >= 0.6 is 0 Å². The average Bonchev–Trinajstić information content (AvgIpc) is 2.68. The fourth-order valence-electron chi connectivity index (χ4n) is 2.12. The predicted octanol–water partition coefficient (Wildman–Crippen LogP) is 2.51. The summed E-state index contributed by atoms with van der Waals surface area (Å²) in [6.45, 7) is 1.86. The van der Waals surface area contributed by atoms with Crippen molar-refractivity contribution in [2.45, 2.75) is 12.5 Å². The van der Waals surface area contributed by atoms with E-state index >= 15 is 0 Å². The molecule has 0 fully saturated rings. The number of nitrogens with one attached hydrogen (secondary N) is 2. The molecule has 0 heterocycles. The van der Waals surface area contributed by atoms with Crippen LogP contribution in [0.25, 0.3) is 5.57 Å². The summed E-state index contributed by atoms with van der Waals surface area (Å²) in [7, 11) is 0. The third-order valence-corrected chi connectivity index (χ3v) is 3.45. The Morgan fingerprint density at radius 1 is 1.18 bits per heavy atom. The highest BCUT2D eigenvalue weighted by Gasteiger charge is 2.23. The van der Waals surface area contributed by atoms with Crippen LogP contribution in [0.3, 0.4) is 0 Å². The molecular formula is C18H17F3N2O5. The molecule has 0 bridgehead atoms. The first kappa shape index (κ1) is 22.6. The molecule has 0 aliphatic heterocycles. The van der Waals surface area contributed by atoms with Gasteiger partial charge in [-0.1, -0.05) is 36.9 Å². The molecule has 7 nitrogen and oxygen atoms in total. The van der Waals surface area contributed by atoms with Gasteiger partial charge in [0.25, 0.3) is 5.91 Å². The van der Waals surface area contributed by atoms with Crippen molar-refractivity contribution in [2.75, 3.05) is 6.67 Å². The molecule has 0 aliphatic rings. The van der Waals surface area contributed by atoms with Crippen molar-refractivity contribution < 1.29 is 37.9 Å². The molecule has 1 rings (SSSR count). The summed E-state index contributed by atoms with van der Waals surface area (Å²) in [6.07, 6.45) is 1.05. The van der Waals surface area contributed by atoms with Crippen molar-refractivity contribution in [2.24, 2.45) is 0 Å². The van der Waals surface area contributed by atoms with Crippen molar-refractivity contribution in [3.63, 3.8) is 0 Å². The Morgan fingerprint density at radius 2 is 1.79 bits per heavy atom. The van der Waals surface area contributed by atoms with E-state index in [0.29, 0.717) is 5.56 Å². The largest absolute Gasteiger partial charge is 0.481 e. The van der Waals surface area contributed by atoms with Gasteiger partial charge in [0.1, 0.15) is 19.1 Å².